The van der Waals surface area contributed by atoms with Crippen LogP contribution in [0.25, 0.3) is 11.5 Å². The standard InChI is InChI=1S/C19H26N4O2/c1-14(2)17-21-19(25-22-17)16-9-5-4-8-15(16)18(24)20-10-13-23-11-6-3-7-12-23/h4-5,8-9,14H,3,6-7,10-13H2,1-2H3,(H,20,24). The van der Waals surface area contributed by atoms with Crippen LogP contribution in [0.1, 0.15) is 55.2 Å². The molecule has 1 N–H and O–H groups in total. The highest BCUT2D eigenvalue weighted by atomic mass is 16.5. The van der Waals surface area contributed by atoms with E-state index in [-0.39, 0.29) is 11.8 Å². The van der Waals surface area contributed by atoms with Gasteiger partial charge >= 0.3 is 0 Å². The Morgan fingerprint density at radius 3 is 2.72 bits per heavy atom. The van der Waals surface area contributed by atoms with Crippen molar-refractivity contribution in [1.29, 1.82) is 0 Å². The second-order valence-corrected chi connectivity index (χ2v) is 6.82. The third-order valence-electron chi connectivity index (χ3n) is 4.52. The quantitative estimate of drug-likeness (QED) is 0.873. The summed E-state index contributed by atoms with van der Waals surface area (Å²) in [6, 6.07) is 7.36. The molecule has 0 aliphatic carbocycles. The van der Waals surface area contributed by atoms with Crippen LogP contribution in [-0.4, -0.2) is 47.1 Å². The molecule has 2 heterocycles. The van der Waals surface area contributed by atoms with E-state index >= 15 is 0 Å². The average Bonchev–Trinajstić information content (AvgIpc) is 3.13. The van der Waals surface area contributed by atoms with E-state index in [2.05, 4.69) is 20.4 Å². The van der Waals surface area contributed by atoms with Crippen molar-refractivity contribution in [3.05, 3.63) is 35.7 Å². The first-order chi connectivity index (χ1) is 12.1. The van der Waals surface area contributed by atoms with Crippen LogP contribution in [0.2, 0.25) is 0 Å². The van der Waals surface area contributed by atoms with Crippen molar-refractivity contribution in [2.75, 3.05) is 26.2 Å². The average molecular weight is 342 g/mol. The number of hydrogen-bond donors (Lipinski definition) is 1. The van der Waals surface area contributed by atoms with Gasteiger partial charge in [-0.05, 0) is 38.1 Å². The molecule has 0 spiro atoms. The number of nitrogens with one attached hydrogen (secondary N) is 1. The van der Waals surface area contributed by atoms with Crippen LogP contribution in [0.5, 0.6) is 0 Å². The molecule has 1 aromatic heterocycles. The fraction of sp³-hybridized carbons (Fsp3) is 0.526. The number of piperidine rings is 1. The van der Waals surface area contributed by atoms with Gasteiger partial charge in [0, 0.05) is 19.0 Å². The Morgan fingerprint density at radius 1 is 1.24 bits per heavy atom. The third kappa shape index (κ3) is 4.45. The number of nitrogens with zero attached hydrogens (tertiary/aromatic N) is 3. The van der Waals surface area contributed by atoms with E-state index < -0.39 is 0 Å². The first-order valence-electron chi connectivity index (χ1n) is 9.08. The Morgan fingerprint density at radius 2 is 2.00 bits per heavy atom. The molecule has 1 aliphatic heterocycles. The number of rotatable bonds is 6. The minimum Gasteiger partial charge on any atom is -0.351 e. The predicted octanol–water partition coefficient (Wildman–Crippen LogP) is 3.08. The second kappa shape index (κ2) is 8.25. The summed E-state index contributed by atoms with van der Waals surface area (Å²) in [5, 5.41) is 7.01. The molecule has 3 rings (SSSR count). The normalized spacial score (nSPS) is 15.5. The summed E-state index contributed by atoms with van der Waals surface area (Å²) in [5.74, 6) is 1.13. The van der Waals surface area contributed by atoms with Gasteiger partial charge in [0.2, 0.25) is 0 Å². The summed E-state index contributed by atoms with van der Waals surface area (Å²) < 4.78 is 5.35. The lowest BCUT2D eigenvalue weighted by Crippen LogP contribution is -2.37. The minimum absolute atomic E-state index is 0.100. The molecule has 1 amide bonds. The summed E-state index contributed by atoms with van der Waals surface area (Å²) in [6.07, 6.45) is 3.83. The molecule has 134 valence electrons. The van der Waals surface area contributed by atoms with Crippen LogP contribution in [0.4, 0.5) is 0 Å². The van der Waals surface area contributed by atoms with Gasteiger partial charge in [0.15, 0.2) is 5.82 Å². The molecule has 0 radical (unpaired) electrons. The highest BCUT2D eigenvalue weighted by Gasteiger charge is 2.18. The summed E-state index contributed by atoms with van der Waals surface area (Å²) in [5.41, 5.74) is 1.25. The van der Waals surface area contributed by atoms with E-state index in [1.54, 1.807) is 6.07 Å². The van der Waals surface area contributed by atoms with Gasteiger partial charge < -0.3 is 14.7 Å². The Hall–Kier alpha value is -2.21. The highest BCUT2D eigenvalue weighted by Crippen LogP contribution is 2.23. The van der Waals surface area contributed by atoms with Gasteiger partial charge in [-0.3, -0.25) is 4.79 Å². The van der Waals surface area contributed by atoms with Gasteiger partial charge in [0.25, 0.3) is 11.8 Å². The van der Waals surface area contributed by atoms with Crippen molar-refractivity contribution < 1.29 is 9.32 Å². The number of likely N-dealkylation sites (tertiary alicyclic amines) is 1. The molecule has 0 unspecified atom stereocenters. The Bertz CT molecular complexity index is 705. The van der Waals surface area contributed by atoms with Gasteiger partial charge in [-0.15, -0.1) is 0 Å². The van der Waals surface area contributed by atoms with Gasteiger partial charge in [0.05, 0.1) is 11.1 Å². The first kappa shape index (κ1) is 17.6. The summed E-state index contributed by atoms with van der Waals surface area (Å²) >= 11 is 0. The zero-order valence-corrected chi connectivity index (χ0v) is 15.0. The minimum atomic E-state index is -0.100. The number of carbonyl (C=O) groups excluding carboxylic acids is 1. The van der Waals surface area contributed by atoms with E-state index in [1.165, 1.54) is 19.3 Å². The zero-order chi connectivity index (χ0) is 17.6. The van der Waals surface area contributed by atoms with Crippen molar-refractivity contribution >= 4 is 5.91 Å². The van der Waals surface area contributed by atoms with Crippen molar-refractivity contribution in [2.24, 2.45) is 0 Å². The largest absolute Gasteiger partial charge is 0.351 e. The lowest BCUT2D eigenvalue weighted by atomic mass is 10.1. The smallest absolute Gasteiger partial charge is 0.258 e. The molecule has 0 saturated carbocycles. The fourth-order valence-electron chi connectivity index (χ4n) is 3.05. The molecule has 25 heavy (non-hydrogen) atoms. The number of aromatic nitrogens is 2. The zero-order valence-electron chi connectivity index (χ0n) is 15.0. The van der Waals surface area contributed by atoms with Gasteiger partial charge in [-0.2, -0.15) is 4.98 Å². The molecule has 6 heteroatoms. The molecule has 2 aromatic rings. The Labute approximate surface area is 148 Å². The van der Waals surface area contributed by atoms with E-state index in [0.29, 0.717) is 29.4 Å². The van der Waals surface area contributed by atoms with Gasteiger partial charge in [0.1, 0.15) is 0 Å². The van der Waals surface area contributed by atoms with Crippen molar-refractivity contribution in [2.45, 2.75) is 39.0 Å². The maximum absolute atomic E-state index is 12.6. The van der Waals surface area contributed by atoms with E-state index in [0.717, 1.165) is 19.6 Å². The number of benzene rings is 1. The van der Waals surface area contributed by atoms with E-state index in [4.69, 9.17) is 4.52 Å². The monoisotopic (exact) mass is 342 g/mol. The Kier molecular flexibility index (Phi) is 5.81. The van der Waals surface area contributed by atoms with Crippen molar-refractivity contribution in [3.63, 3.8) is 0 Å². The number of amides is 1. The van der Waals surface area contributed by atoms with Crippen LogP contribution < -0.4 is 5.32 Å². The Balaban J connectivity index is 1.65. The van der Waals surface area contributed by atoms with Gasteiger partial charge in [-0.25, -0.2) is 0 Å². The SMILES string of the molecule is CC(C)c1noc(-c2ccccc2C(=O)NCCN2CCCCC2)n1. The first-order valence-corrected chi connectivity index (χ1v) is 9.08. The molecule has 6 nitrogen and oxygen atoms in total. The van der Waals surface area contributed by atoms with Crippen LogP contribution in [0, 0.1) is 0 Å². The van der Waals surface area contributed by atoms with E-state index in [1.807, 2.05) is 32.0 Å². The number of carbonyl (C=O) groups is 1. The fourth-order valence-corrected chi connectivity index (χ4v) is 3.05. The molecule has 1 fully saturated rings. The molecule has 0 bridgehead atoms. The lowest BCUT2D eigenvalue weighted by molar-refractivity contribution is 0.0947. The molecule has 1 saturated heterocycles. The summed E-state index contributed by atoms with van der Waals surface area (Å²) in [7, 11) is 0. The van der Waals surface area contributed by atoms with Crippen molar-refractivity contribution in [1.82, 2.24) is 20.4 Å². The van der Waals surface area contributed by atoms with E-state index in [9.17, 15) is 4.79 Å². The maximum Gasteiger partial charge on any atom is 0.258 e. The summed E-state index contributed by atoms with van der Waals surface area (Å²) in [6.45, 7) is 7.82. The van der Waals surface area contributed by atoms with Crippen LogP contribution >= 0.6 is 0 Å². The molecular weight excluding hydrogens is 316 g/mol. The highest BCUT2D eigenvalue weighted by molar-refractivity contribution is 5.99. The predicted molar refractivity (Wildman–Crippen MR) is 96.4 cm³/mol. The molecule has 0 atom stereocenters. The van der Waals surface area contributed by atoms with Crippen LogP contribution in [0.15, 0.2) is 28.8 Å². The van der Waals surface area contributed by atoms with Crippen LogP contribution in [-0.2, 0) is 0 Å². The second-order valence-electron chi connectivity index (χ2n) is 6.82. The topological polar surface area (TPSA) is 71.3 Å². The van der Waals surface area contributed by atoms with Crippen molar-refractivity contribution in [3.8, 4) is 11.5 Å². The third-order valence-corrected chi connectivity index (χ3v) is 4.52. The number of hydrogen-bond acceptors (Lipinski definition) is 5. The van der Waals surface area contributed by atoms with Crippen LogP contribution in [0.3, 0.4) is 0 Å². The maximum atomic E-state index is 12.6. The lowest BCUT2D eigenvalue weighted by Gasteiger charge is -2.26. The molecule has 1 aliphatic rings. The molecular formula is C19H26N4O2. The molecule has 1 aromatic carbocycles. The summed E-state index contributed by atoms with van der Waals surface area (Å²) in [4.78, 5) is 19.4. The van der Waals surface area contributed by atoms with Gasteiger partial charge in [-0.1, -0.05) is 37.6 Å².